The summed E-state index contributed by atoms with van der Waals surface area (Å²) in [5.74, 6) is -0.355. The van der Waals surface area contributed by atoms with Gasteiger partial charge >= 0.3 is 0 Å². The summed E-state index contributed by atoms with van der Waals surface area (Å²) in [5, 5.41) is 1.80. The lowest BCUT2D eigenvalue weighted by molar-refractivity contribution is -0.113. The molecule has 4 heteroatoms. The molecule has 0 spiro atoms. The topological polar surface area (TPSA) is 59.9 Å². The Balaban J connectivity index is 2.06. The summed E-state index contributed by atoms with van der Waals surface area (Å²) in [6, 6.07) is 9.45. The minimum Gasteiger partial charge on any atom is -0.290 e. The predicted octanol–water partition coefficient (Wildman–Crippen LogP) is 2.87. The third-order valence-corrected chi connectivity index (χ3v) is 3.72. The molecule has 0 saturated carbocycles. The van der Waals surface area contributed by atoms with E-state index in [-0.39, 0.29) is 11.6 Å². The number of hydrogen-bond acceptors (Lipinski definition) is 4. The van der Waals surface area contributed by atoms with E-state index in [0.29, 0.717) is 11.1 Å². The van der Waals surface area contributed by atoms with Gasteiger partial charge in [0.25, 0.3) is 0 Å². The van der Waals surface area contributed by atoms with Gasteiger partial charge in [-0.25, -0.2) is 0 Å². The summed E-state index contributed by atoms with van der Waals surface area (Å²) < 4.78 is 0. The lowest BCUT2D eigenvalue weighted by Gasteiger charge is -2.11. The first-order valence-corrected chi connectivity index (χ1v) is 6.85. The van der Waals surface area contributed by atoms with Crippen molar-refractivity contribution in [2.24, 2.45) is 0 Å². The molecule has 0 fully saturated rings. The molecule has 1 aliphatic carbocycles. The number of ketones is 2. The van der Waals surface area contributed by atoms with Crippen molar-refractivity contribution in [3.8, 4) is 0 Å². The number of benzene rings is 1. The molecule has 0 amide bonds. The smallest absolute Gasteiger partial charge is 0.186 e. The summed E-state index contributed by atoms with van der Waals surface area (Å²) in [6.45, 7) is 0. The molecule has 0 atom stereocenters. The van der Waals surface area contributed by atoms with E-state index in [2.05, 4.69) is 9.97 Å². The van der Waals surface area contributed by atoms with Crippen LogP contribution in [0.15, 0.2) is 61.0 Å². The van der Waals surface area contributed by atoms with Crippen LogP contribution in [0.2, 0.25) is 0 Å². The molecule has 1 aliphatic rings. The number of nitrogens with zero attached hydrogens (tertiary/aromatic N) is 2. The van der Waals surface area contributed by atoms with Gasteiger partial charge in [0.1, 0.15) is 0 Å². The highest BCUT2D eigenvalue weighted by molar-refractivity contribution is 6.35. The van der Waals surface area contributed by atoms with Gasteiger partial charge in [-0.05, 0) is 35.9 Å². The summed E-state index contributed by atoms with van der Waals surface area (Å²) >= 11 is 0. The van der Waals surface area contributed by atoms with Gasteiger partial charge in [0.15, 0.2) is 11.6 Å². The first kappa shape index (κ1) is 12.6. The molecule has 0 bridgehead atoms. The van der Waals surface area contributed by atoms with Crippen LogP contribution in [0, 0.1) is 0 Å². The molecule has 0 N–H and O–H groups in total. The van der Waals surface area contributed by atoms with Crippen LogP contribution in [0.1, 0.15) is 5.56 Å². The van der Waals surface area contributed by atoms with Gasteiger partial charge < -0.3 is 0 Å². The van der Waals surface area contributed by atoms with Crippen molar-refractivity contribution < 1.29 is 9.59 Å². The second-order valence-corrected chi connectivity index (χ2v) is 5.05. The number of aromatic nitrogens is 2. The first-order chi connectivity index (χ1) is 10.7. The molecule has 0 saturated heterocycles. The van der Waals surface area contributed by atoms with Crippen LogP contribution >= 0.6 is 0 Å². The molecule has 3 aromatic rings. The van der Waals surface area contributed by atoms with Crippen molar-refractivity contribution >= 4 is 38.9 Å². The van der Waals surface area contributed by atoms with E-state index in [4.69, 9.17) is 0 Å². The van der Waals surface area contributed by atoms with Crippen molar-refractivity contribution in [1.82, 2.24) is 9.97 Å². The van der Waals surface area contributed by atoms with Crippen LogP contribution in [-0.4, -0.2) is 21.5 Å². The largest absolute Gasteiger partial charge is 0.290 e. The summed E-state index contributed by atoms with van der Waals surface area (Å²) in [7, 11) is 0. The van der Waals surface area contributed by atoms with Crippen molar-refractivity contribution in [3.63, 3.8) is 0 Å². The van der Waals surface area contributed by atoms with Crippen LogP contribution in [-0.2, 0) is 9.59 Å². The fraction of sp³-hybridized carbons (Fsp3) is 0. The maximum atomic E-state index is 12.1. The monoisotopic (exact) mass is 286 g/mol. The normalized spacial score (nSPS) is 14.6. The molecular formula is C18H10N2O2. The minimum absolute atomic E-state index is 0.173. The number of hydrogen-bond donors (Lipinski definition) is 0. The van der Waals surface area contributed by atoms with E-state index in [0.717, 1.165) is 21.8 Å². The molecular weight excluding hydrogens is 276 g/mol. The highest BCUT2D eigenvalue weighted by Crippen LogP contribution is 2.29. The fourth-order valence-electron chi connectivity index (χ4n) is 2.71. The zero-order chi connectivity index (χ0) is 15.1. The Bertz CT molecular complexity index is 1020. The molecule has 0 aliphatic heterocycles. The van der Waals surface area contributed by atoms with Gasteiger partial charge in [-0.2, -0.15) is 0 Å². The van der Waals surface area contributed by atoms with Gasteiger partial charge in [-0.15, -0.1) is 0 Å². The second kappa shape index (κ2) is 4.70. The average Bonchev–Trinajstić information content (AvgIpc) is 2.56. The van der Waals surface area contributed by atoms with Crippen molar-refractivity contribution in [2.45, 2.75) is 0 Å². The Morgan fingerprint density at radius 2 is 1.68 bits per heavy atom. The number of rotatable bonds is 1. The predicted molar refractivity (Wildman–Crippen MR) is 84.2 cm³/mol. The number of carbonyl (C=O) groups excluding carboxylic acids is 2. The lowest BCUT2D eigenvalue weighted by atomic mass is 9.93. The lowest BCUT2D eigenvalue weighted by Crippen LogP contribution is -2.07. The molecule has 0 radical (unpaired) electrons. The quantitative estimate of drug-likeness (QED) is 0.510. The minimum atomic E-state index is -0.182. The number of pyridine rings is 2. The summed E-state index contributed by atoms with van der Waals surface area (Å²) in [5.41, 5.74) is 2.62. The highest BCUT2D eigenvalue weighted by atomic mass is 16.1. The highest BCUT2D eigenvalue weighted by Gasteiger charge is 2.18. The molecule has 4 nitrogen and oxygen atoms in total. The van der Waals surface area contributed by atoms with E-state index >= 15 is 0 Å². The second-order valence-electron chi connectivity index (χ2n) is 5.05. The van der Waals surface area contributed by atoms with Gasteiger partial charge in [0.2, 0.25) is 0 Å². The molecule has 4 rings (SSSR count). The number of allylic oxidation sites excluding steroid dienone is 4. The Hall–Kier alpha value is -3.14. The standard InChI is InChI=1S/C18H10N2O2/c21-12-4-6-16(22)15(10-12)13-7-9-20-18-14(13)5-3-11-2-1-8-19-17(11)18/h1-10H. The van der Waals surface area contributed by atoms with Crippen molar-refractivity contribution in [2.75, 3.05) is 0 Å². The number of fused-ring (bicyclic) bond motifs is 3. The van der Waals surface area contributed by atoms with Crippen LogP contribution in [0.5, 0.6) is 0 Å². The van der Waals surface area contributed by atoms with Crippen LogP contribution < -0.4 is 0 Å². The fourth-order valence-corrected chi connectivity index (χ4v) is 2.71. The van der Waals surface area contributed by atoms with Gasteiger partial charge in [0, 0.05) is 28.7 Å². The van der Waals surface area contributed by atoms with Gasteiger partial charge in [0.05, 0.1) is 11.0 Å². The zero-order valence-electron chi connectivity index (χ0n) is 11.5. The maximum Gasteiger partial charge on any atom is 0.186 e. The van der Waals surface area contributed by atoms with Crippen LogP contribution in [0.25, 0.3) is 27.4 Å². The zero-order valence-corrected chi connectivity index (χ0v) is 11.5. The third kappa shape index (κ3) is 1.85. The van der Waals surface area contributed by atoms with E-state index < -0.39 is 0 Å². The van der Waals surface area contributed by atoms with E-state index in [9.17, 15) is 9.59 Å². The van der Waals surface area contributed by atoms with E-state index in [1.54, 1.807) is 18.5 Å². The molecule has 1 aromatic carbocycles. The summed E-state index contributed by atoms with van der Waals surface area (Å²) in [6.07, 6.45) is 7.32. The average molecular weight is 286 g/mol. The number of carbonyl (C=O) groups is 2. The Morgan fingerprint density at radius 3 is 2.59 bits per heavy atom. The Labute approximate surface area is 125 Å². The SMILES string of the molecule is O=C1C=CC(=O)C(c2ccnc3c2ccc2cccnc23)=C1. The summed E-state index contributed by atoms with van der Waals surface area (Å²) in [4.78, 5) is 32.5. The van der Waals surface area contributed by atoms with Crippen molar-refractivity contribution in [3.05, 3.63) is 66.5 Å². The molecule has 104 valence electrons. The van der Waals surface area contributed by atoms with Gasteiger partial charge in [-0.3, -0.25) is 19.6 Å². The first-order valence-electron chi connectivity index (χ1n) is 6.85. The third-order valence-electron chi connectivity index (χ3n) is 3.72. The van der Waals surface area contributed by atoms with E-state index in [1.807, 2.05) is 24.3 Å². The maximum absolute atomic E-state index is 12.1. The molecule has 0 unspecified atom stereocenters. The van der Waals surface area contributed by atoms with Crippen LogP contribution in [0.4, 0.5) is 0 Å². The Kier molecular flexibility index (Phi) is 2.69. The van der Waals surface area contributed by atoms with Crippen LogP contribution in [0.3, 0.4) is 0 Å². The Morgan fingerprint density at radius 1 is 0.818 bits per heavy atom. The van der Waals surface area contributed by atoms with Crippen molar-refractivity contribution in [1.29, 1.82) is 0 Å². The van der Waals surface area contributed by atoms with E-state index in [1.165, 1.54) is 18.2 Å². The molecule has 2 aromatic heterocycles. The molecule has 22 heavy (non-hydrogen) atoms. The van der Waals surface area contributed by atoms with Gasteiger partial charge in [-0.1, -0.05) is 18.2 Å². The molecule has 2 heterocycles.